The van der Waals surface area contributed by atoms with Crippen molar-refractivity contribution in [2.75, 3.05) is 11.6 Å². The summed E-state index contributed by atoms with van der Waals surface area (Å²) >= 11 is 0. The number of ether oxygens (including phenoxy) is 1. The van der Waals surface area contributed by atoms with E-state index in [2.05, 4.69) is 5.32 Å². The van der Waals surface area contributed by atoms with Crippen molar-refractivity contribution in [3.63, 3.8) is 0 Å². The normalized spacial score (nSPS) is 19.3. The van der Waals surface area contributed by atoms with Gasteiger partial charge in [-0.05, 0) is 85.3 Å². The van der Waals surface area contributed by atoms with Crippen LogP contribution in [0.3, 0.4) is 0 Å². The zero-order chi connectivity index (χ0) is 22.1. The molecule has 1 fully saturated rings. The number of nitrogens with zero attached hydrogens (tertiary/aromatic N) is 1. The zero-order valence-corrected chi connectivity index (χ0v) is 17.6. The summed E-state index contributed by atoms with van der Waals surface area (Å²) in [7, 11) is 0. The standard InChI is InChI=1S/C26H24N2O4/c29-24(28(31)21-8-10-23(11-9-21)32-22-4-2-1-3-5-22)19-7-6-18-12-13-26(17-20(18)16-19)14-15-27-25(26)30/h1-11,16,31H,12-15,17H2,(H,27,30)/t26-/m0/s1. The number of amides is 2. The van der Waals surface area contributed by atoms with Gasteiger partial charge in [0.1, 0.15) is 11.5 Å². The van der Waals surface area contributed by atoms with Crippen LogP contribution in [-0.2, 0) is 17.6 Å². The highest BCUT2D eigenvalue weighted by Crippen LogP contribution is 2.41. The topological polar surface area (TPSA) is 78.9 Å². The number of rotatable bonds is 4. The van der Waals surface area contributed by atoms with E-state index < -0.39 is 5.91 Å². The number of hydrogen-bond donors (Lipinski definition) is 2. The first-order valence-electron chi connectivity index (χ1n) is 10.8. The van der Waals surface area contributed by atoms with Crippen LogP contribution < -0.4 is 15.1 Å². The second-order valence-corrected chi connectivity index (χ2v) is 8.47. The summed E-state index contributed by atoms with van der Waals surface area (Å²) in [4.78, 5) is 25.3. The molecular weight excluding hydrogens is 404 g/mol. The van der Waals surface area contributed by atoms with Gasteiger partial charge in [-0.25, -0.2) is 0 Å². The number of aryl methyl sites for hydroxylation is 1. The van der Waals surface area contributed by atoms with Crippen molar-refractivity contribution in [3.05, 3.63) is 89.5 Å². The molecule has 3 aromatic rings. The lowest BCUT2D eigenvalue weighted by Crippen LogP contribution is -2.36. The van der Waals surface area contributed by atoms with Gasteiger partial charge in [-0.15, -0.1) is 0 Å². The third-order valence-corrected chi connectivity index (χ3v) is 6.48. The first-order chi connectivity index (χ1) is 15.5. The molecule has 1 spiro atoms. The molecule has 0 bridgehead atoms. The van der Waals surface area contributed by atoms with Gasteiger partial charge in [-0.1, -0.05) is 24.3 Å². The summed E-state index contributed by atoms with van der Waals surface area (Å²) in [6, 6.07) is 21.6. The fourth-order valence-corrected chi connectivity index (χ4v) is 4.64. The van der Waals surface area contributed by atoms with Crippen molar-refractivity contribution >= 4 is 17.5 Å². The predicted molar refractivity (Wildman–Crippen MR) is 120 cm³/mol. The van der Waals surface area contributed by atoms with E-state index in [1.54, 1.807) is 30.3 Å². The molecule has 2 N–H and O–H groups in total. The average Bonchev–Trinajstić information content (AvgIpc) is 3.17. The average molecular weight is 428 g/mol. The molecule has 2 aliphatic rings. The minimum atomic E-state index is -0.514. The molecule has 0 unspecified atom stereocenters. The predicted octanol–water partition coefficient (Wildman–Crippen LogP) is 4.51. The van der Waals surface area contributed by atoms with E-state index in [4.69, 9.17) is 4.74 Å². The van der Waals surface area contributed by atoms with E-state index in [0.717, 1.165) is 24.8 Å². The lowest BCUT2D eigenvalue weighted by molar-refractivity contribution is -0.128. The number of nitrogens with one attached hydrogen (secondary N) is 1. The van der Waals surface area contributed by atoms with E-state index in [9.17, 15) is 14.8 Å². The molecule has 2 amide bonds. The van der Waals surface area contributed by atoms with Crippen LogP contribution in [-0.4, -0.2) is 23.6 Å². The van der Waals surface area contributed by atoms with Crippen molar-refractivity contribution in [3.8, 4) is 11.5 Å². The lowest BCUT2D eigenvalue weighted by atomic mass is 9.70. The van der Waals surface area contributed by atoms with Gasteiger partial charge in [0.15, 0.2) is 0 Å². The lowest BCUT2D eigenvalue weighted by Gasteiger charge is -2.32. The van der Waals surface area contributed by atoms with Gasteiger partial charge in [0.25, 0.3) is 5.91 Å². The Hall–Kier alpha value is -3.64. The van der Waals surface area contributed by atoms with Crippen LogP contribution in [0.4, 0.5) is 5.69 Å². The molecular formula is C26H24N2O4. The number of hydrogen-bond acceptors (Lipinski definition) is 4. The molecule has 1 saturated heterocycles. The molecule has 1 atom stereocenters. The number of hydroxylamine groups is 1. The van der Waals surface area contributed by atoms with Crippen molar-refractivity contribution in [2.24, 2.45) is 5.41 Å². The molecule has 1 aliphatic heterocycles. The third kappa shape index (κ3) is 3.74. The fraction of sp³-hybridized carbons (Fsp3) is 0.231. The molecule has 1 heterocycles. The monoisotopic (exact) mass is 428 g/mol. The maximum absolute atomic E-state index is 12.9. The van der Waals surface area contributed by atoms with Gasteiger partial charge >= 0.3 is 0 Å². The van der Waals surface area contributed by atoms with E-state index in [-0.39, 0.29) is 11.3 Å². The van der Waals surface area contributed by atoms with Crippen LogP contribution in [0.2, 0.25) is 0 Å². The fourth-order valence-electron chi connectivity index (χ4n) is 4.64. The summed E-state index contributed by atoms with van der Waals surface area (Å²) in [5, 5.41) is 14.1. The SMILES string of the molecule is O=C(c1ccc2c(c1)C[C@@]1(CCNC1=O)CC2)N(O)c1ccc(Oc2ccccc2)cc1. The summed E-state index contributed by atoms with van der Waals surface area (Å²) in [6.07, 6.45) is 3.12. The van der Waals surface area contributed by atoms with Crippen LogP contribution >= 0.6 is 0 Å². The van der Waals surface area contributed by atoms with Gasteiger partial charge in [0.2, 0.25) is 5.91 Å². The number of carbonyl (C=O) groups excluding carboxylic acids is 2. The second-order valence-electron chi connectivity index (χ2n) is 8.47. The van der Waals surface area contributed by atoms with Crippen molar-refractivity contribution < 1.29 is 19.5 Å². The molecule has 0 radical (unpaired) electrons. The number of para-hydroxylation sites is 1. The Balaban J connectivity index is 1.32. The van der Waals surface area contributed by atoms with E-state index in [1.807, 2.05) is 42.5 Å². The summed E-state index contributed by atoms with van der Waals surface area (Å²) in [6.45, 7) is 0.710. The van der Waals surface area contributed by atoms with Crippen LogP contribution in [0.1, 0.15) is 34.3 Å². The van der Waals surface area contributed by atoms with E-state index in [1.165, 1.54) is 5.56 Å². The molecule has 0 saturated carbocycles. The molecule has 6 heteroatoms. The van der Waals surface area contributed by atoms with Crippen molar-refractivity contribution in [2.45, 2.75) is 25.7 Å². The molecule has 1 aliphatic carbocycles. The number of benzene rings is 3. The Labute approximate surface area is 186 Å². The zero-order valence-electron chi connectivity index (χ0n) is 17.6. The smallest absolute Gasteiger partial charge is 0.281 e. The minimum absolute atomic E-state index is 0.112. The van der Waals surface area contributed by atoms with E-state index >= 15 is 0 Å². The van der Waals surface area contributed by atoms with Crippen LogP contribution in [0.15, 0.2) is 72.8 Å². The maximum Gasteiger partial charge on any atom is 0.281 e. The highest BCUT2D eigenvalue weighted by atomic mass is 16.5. The molecule has 162 valence electrons. The van der Waals surface area contributed by atoms with Crippen molar-refractivity contribution in [1.82, 2.24) is 5.32 Å². The van der Waals surface area contributed by atoms with Gasteiger partial charge < -0.3 is 10.1 Å². The van der Waals surface area contributed by atoms with Crippen molar-refractivity contribution in [1.29, 1.82) is 0 Å². The number of fused-ring (bicyclic) bond motifs is 1. The second kappa shape index (κ2) is 8.13. The van der Waals surface area contributed by atoms with Crippen LogP contribution in [0, 0.1) is 5.41 Å². The molecule has 0 aromatic heterocycles. The molecule has 6 nitrogen and oxygen atoms in total. The largest absolute Gasteiger partial charge is 0.457 e. The number of carbonyl (C=O) groups is 2. The summed E-state index contributed by atoms with van der Waals surface area (Å²) < 4.78 is 5.76. The van der Waals surface area contributed by atoms with Crippen LogP contribution in [0.25, 0.3) is 0 Å². The van der Waals surface area contributed by atoms with E-state index in [0.29, 0.717) is 40.8 Å². The third-order valence-electron chi connectivity index (χ3n) is 6.48. The minimum Gasteiger partial charge on any atom is -0.457 e. The first-order valence-corrected chi connectivity index (χ1v) is 10.8. The Kier molecular flexibility index (Phi) is 5.15. The Morgan fingerprint density at radius 2 is 1.69 bits per heavy atom. The maximum atomic E-state index is 12.9. The molecule has 3 aromatic carbocycles. The Morgan fingerprint density at radius 1 is 0.938 bits per heavy atom. The Bertz CT molecular complexity index is 1160. The highest BCUT2D eigenvalue weighted by Gasteiger charge is 2.44. The molecule has 32 heavy (non-hydrogen) atoms. The number of anilines is 1. The Morgan fingerprint density at radius 3 is 2.41 bits per heavy atom. The quantitative estimate of drug-likeness (QED) is 0.473. The summed E-state index contributed by atoms with van der Waals surface area (Å²) in [5.41, 5.74) is 2.56. The summed E-state index contributed by atoms with van der Waals surface area (Å²) in [5.74, 6) is 0.913. The van der Waals surface area contributed by atoms with Gasteiger partial charge in [0, 0.05) is 12.1 Å². The van der Waals surface area contributed by atoms with Gasteiger partial charge in [-0.2, -0.15) is 5.06 Å². The van der Waals surface area contributed by atoms with Crippen LogP contribution in [0.5, 0.6) is 11.5 Å². The van der Waals surface area contributed by atoms with Gasteiger partial charge in [-0.3, -0.25) is 14.8 Å². The first kappa shape index (κ1) is 20.3. The molecule has 5 rings (SSSR count). The highest BCUT2D eigenvalue weighted by molar-refractivity contribution is 6.04. The van der Waals surface area contributed by atoms with Gasteiger partial charge in [0.05, 0.1) is 11.1 Å².